The van der Waals surface area contributed by atoms with Crippen molar-refractivity contribution < 1.29 is 23.5 Å². The monoisotopic (exact) mass is 488 g/mol. The summed E-state index contributed by atoms with van der Waals surface area (Å²) in [4.78, 5) is 35.6. The molecule has 1 fully saturated rings. The Hall–Kier alpha value is -3.35. The molecule has 3 amide bonds. The summed E-state index contributed by atoms with van der Waals surface area (Å²) in [6.07, 6.45) is 6.99. The maximum atomic E-state index is 13.3. The average Bonchev–Trinajstić information content (AvgIpc) is 3.62. The standard InChI is InChI=1S/C22H25FN6O4S/c23-17-4-2-16(3-5-17)14-29(21(31)26-13-19-32-10-11-33-19)22-27-12-18(34-22)20(30)25-6-1-8-28-9-7-24-15-28/h2-5,7,9,12,15,19H,1,6,8,10-11,13-14H2,(H,25,30)(H,26,31). The Morgan fingerprint density at radius 1 is 1.21 bits per heavy atom. The van der Waals surface area contributed by atoms with Crippen LogP contribution < -0.4 is 15.5 Å². The maximum absolute atomic E-state index is 13.3. The van der Waals surface area contributed by atoms with Crippen molar-refractivity contribution >= 4 is 28.4 Å². The van der Waals surface area contributed by atoms with Gasteiger partial charge in [0, 0.05) is 25.5 Å². The molecule has 1 saturated heterocycles. The quantitative estimate of drug-likeness (QED) is 0.424. The van der Waals surface area contributed by atoms with Gasteiger partial charge in [0.2, 0.25) is 0 Å². The molecular formula is C22H25FN6O4S. The van der Waals surface area contributed by atoms with Crippen LogP contribution in [0.2, 0.25) is 0 Å². The van der Waals surface area contributed by atoms with Crippen molar-refractivity contribution in [1.82, 2.24) is 25.2 Å². The number of amides is 3. The van der Waals surface area contributed by atoms with E-state index in [1.54, 1.807) is 24.7 Å². The van der Waals surface area contributed by atoms with E-state index in [0.717, 1.165) is 24.3 Å². The van der Waals surface area contributed by atoms with E-state index in [0.29, 0.717) is 35.3 Å². The molecule has 180 valence electrons. The van der Waals surface area contributed by atoms with E-state index >= 15 is 0 Å². The van der Waals surface area contributed by atoms with E-state index in [1.807, 2.05) is 10.8 Å². The molecule has 0 saturated carbocycles. The number of thiazole rings is 1. The van der Waals surface area contributed by atoms with Gasteiger partial charge in [-0.2, -0.15) is 0 Å². The number of halogens is 1. The van der Waals surface area contributed by atoms with Crippen molar-refractivity contribution in [3.63, 3.8) is 0 Å². The molecule has 0 unspecified atom stereocenters. The van der Waals surface area contributed by atoms with Crippen LogP contribution in [0, 0.1) is 5.82 Å². The van der Waals surface area contributed by atoms with Gasteiger partial charge >= 0.3 is 6.03 Å². The van der Waals surface area contributed by atoms with Crippen molar-refractivity contribution in [3.05, 3.63) is 65.4 Å². The second-order valence-electron chi connectivity index (χ2n) is 7.49. The number of carbonyl (C=O) groups excluding carboxylic acids is 2. The molecule has 3 heterocycles. The molecule has 1 aliphatic heterocycles. The fourth-order valence-corrected chi connectivity index (χ4v) is 4.08. The zero-order chi connectivity index (χ0) is 23.8. The van der Waals surface area contributed by atoms with Gasteiger partial charge < -0.3 is 24.7 Å². The van der Waals surface area contributed by atoms with Gasteiger partial charge in [0.25, 0.3) is 5.91 Å². The molecule has 4 rings (SSSR count). The molecule has 34 heavy (non-hydrogen) atoms. The van der Waals surface area contributed by atoms with E-state index in [2.05, 4.69) is 20.6 Å². The van der Waals surface area contributed by atoms with E-state index in [1.165, 1.54) is 23.2 Å². The summed E-state index contributed by atoms with van der Waals surface area (Å²) in [6.45, 7) is 2.52. The number of rotatable bonds is 10. The van der Waals surface area contributed by atoms with Crippen LogP contribution >= 0.6 is 11.3 Å². The van der Waals surface area contributed by atoms with Crippen LogP contribution in [0.4, 0.5) is 14.3 Å². The van der Waals surface area contributed by atoms with Gasteiger partial charge in [0.15, 0.2) is 11.4 Å². The van der Waals surface area contributed by atoms with E-state index in [4.69, 9.17) is 9.47 Å². The zero-order valence-corrected chi connectivity index (χ0v) is 19.2. The Balaban J connectivity index is 1.38. The molecule has 10 nitrogen and oxygen atoms in total. The normalized spacial score (nSPS) is 13.7. The first-order valence-electron chi connectivity index (χ1n) is 10.8. The number of urea groups is 1. The number of hydrogen-bond donors (Lipinski definition) is 2. The number of hydrogen-bond acceptors (Lipinski definition) is 7. The number of anilines is 1. The average molecular weight is 489 g/mol. The van der Waals surface area contributed by atoms with Crippen LogP contribution in [0.5, 0.6) is 0 Å². The number of ether oxygens (including phenoxy) is 2. The topological polar surface area (TPSA) is 111 Å². The first kappa shape index (κ1) is 23.8. The number of benzene rings is 1. The highest BCUT2D eigenvalue weighted by Gasteiger charge is 2.23. The smallest absolute Gasteiger partial charge is 0.324 e. The minimum atomic E-state index is -0.503. The Bertz CT molecular complexity index is 1070. The first-order chi connectivity index (χ1) is 16.6. The third kappa shape index (κ3) is 6.59. The summed E-state index contributed by atoms with van der Waals surface area (Å²) < 4.78 is 26.0. The minimum absolute atomic E-state index is 0.151. The Morgan fingerprint density at radius 3 is 2.74 bits per heavy atom. The fraction of sp³-hybridized carbons (Fsp3) is 0.364. The summed E-state index contributed by atoms with van der Waals surface area (Å²) in [7, 11) is 0. The Labute approximate surface area is 199 Å². The van der Waals surface area contributed by atoms with Gasteiger partial charge in [-0.05, 0) is 24.1 Å². The van der Waals surface area contributed by atoms with Gasteiger partial charge in [-0.25, -0.2) is 19.2 Å². The number of aryl methyl sites for hydroxylation is 1. The highest BCUT2D eigenvalue weighted by atomic mass is 32.1. The lowest BCUT2D eigenvalue weighted by Crippen LogP contribution is -2.43. The first-order valence-corrected chi connectivity index (χ1v) is 11.6. The van der Waals surface area contributed by atoms with Gasteiger partial charge in [-0.3, -0.25) is 9.69 Å². The van der Waals surface area contributed by atoms with E-state index in [9.17, 15) is 14.0 Å². The molecule has 2 aromatic heterocycles. The summed E-state index contributed by atoms with van der Waals surface area (Å²) >= 11 is 1.10. The fourth-order valence-electron chi connectivity index (χ4n) is 3.25. The number of imidazole rings is 1. The van der Waals surface area contributed by atoms with Gasteiger partial charge in [0.1, 0.15) is 10.7 Å². The van der Waals surface area contributed by atoms with Crippen molar-refractivity contribution in [2.45, 2.75) is 25.8 Å². The molecule has 0 atom stereocenters. The highest BCUT2D eigenvalue weighted by molar-refractivity contribution is 7.17. The zero-order valence-electron chi connectivity index (χ0n) is 18.4. The third-order valence-corrected chi connectivity index (χ3v) is 6.01. The maximum Gasteiger partial charge on any atom is 0.324 e. The predicted octanol–water partition coefficient (Wildman–Crippen LogP) is 2.39. The Kier molecular flexibility index (Phi) is 8.17. The lowest BCUT2D eigenvalue weighted by atomic mass is 10.2. The van der Waals surface area contributed by atoms with Crippen LogP contribution in [0.1, 0.15) is 21.7 Å². The van der Waals surface area contributed by atoms with Crippen LogP contribution in [-0.2, 0) is 22.6 Å². The van der Waals surface area contributed by atoms with Crippen molar-refractivity contribution in [1.29, 1.82) is 0 Å². The second kappa shape index (κ2) is 11.7. The van der Waals surface area contributed by atoms with E-state index in [-0.39, 0.29) is 24.8 Å². The largest absolute Gasteiger partial charge is 0.351 e. The minimum Gasteiger partial charge on any atom is -0.351 e. The van der Waals surface area contributed by atoms with Crippen molar-refractivity contribution in [2.24, 2.45) is 0 Å². The lowest BCUT2D eigenvalue weighted by Gasteiger charge is -2.21. The second-order valence-corrected chi connectivity index (χ2v) is 8.50. The summed E-state index contributed by atoms with van der Waals surface area (Å²) in [5.74, 6) is -0.624. The number of nitrogens with zero attached hydrogens (tertiary/aromatic N) is 4. The van der Waals surface area contributed by atoms with Gasteiger partial charge in [-0.1, -0.05) is 23.5 Å². The van der Waals surface area contributed by atoms with E-state index < -0.39 is 12.3 Å². The summed E-state index contributed by atoms with van der Waals surface area (Å²) in [5, 5.41) is 5.98. The molecule has 0 aliphatic carbocycles. The van der Waals surface area contributed by atoms with Crippen LogP contribution in [0.15, 0.2) is 49.2 Å². The highest BCUT2D eigenvalue weighted by Crippen LogP contribution is 2.25. The lowest BCUT2D eigenvalue weighted by molar-refractivity contribution is -0.0370. The van der Waals surface area contributed by atoms with Crippen LogP contribution in [0.3, 0.4) is 0 Å². The predicted molar refractivity (Wildman–Crippen MR) is 123 cm³/mol. The molecule has 12 heteroatoms. The van der Waals surface area contributed by atoms with Gasteiger partial charge in [-0.15, -0.1) is 0 Å². The van der Waals surface area contributed by atoms with Gasteiger partial charge in [0.05, 0.1) is 38.8 Å². The molecule has 1 aromatic carbocycles. The Morgan fingerprint density at radius 2 is 2.00 bits per heavy atom. The molecule has 2 N–H and O–H groups in total. The molecule has 0 bridgehead atoms. The van der Waals surface area contributed by atoms with Crippen molar-refractivity contribution in [2.75, 3.05) is 31.2 Å². The molecule has 3 aromatic rings. The number of nitrogens with one attached hydrogen (secondary N) is 2. The SMILES string of the molecule is O=C(NCCCn1ccnc1)c1cnc(N(Cc2ccc(F)cc2)C(=O)NCC2OCCO2)s1. The van der Waals surface area contributed by atoms with Crippen molar-refractivity contribution in [3.8, 4) is 0 Å². The van der Waals surface area contributed by atoms with Crippen LogP contribution in [-0.4, -0.2) is 59.1 Å². The molecular weight excluding hydrogens is 463 g/mol. The van der Waals surface area contributed by atoms with Crippen LogP contribution in [0.25, 0.3) is 0 Å². The molecule has 1 aliphatic rings. The molecule has 0 spiro atoms. The third-order valence-electron chi connectivity index (χ3n) is 5.00. The molecule has 0 radical (unpaired) electrons. The summed E-state index contributed by atoms with van der Waals surface area (Å²) in [6, 6.07) is 5.43. The number of carbonyl (C=O) groups is 2. The summed E-state index contributed by atoms with van der Waals surface area (Å²) in [5.41, 5.74) is 0.714. The number of aromatic nitrogens is 3.